The van der Waals surface area contributed by atoms with Crippen molar-refractivity contribution in [3.63, 3.8) is 0 Å². The first-order valence-corrected chi connectivity index (χ1v) is 11.8. The lowest BCUT2D eigenvalue weighted by molar-refractivity contribution is -0.136. The Hall–Kier alpha value is -4.63. The highest BCUT2D eigenvalue weighted by molar-refractivity contribution is 7.18. The second-order valence-corrected chi connectivity index (χ2v) is 8.86. The summed E-state index contributed by atoms with van der Waals surface area (Å²) in [7, 11) is 0. The van der Waals surface area contributed by atoms with Crippen molar-refractivity contribution in [2.75, 3.05) is 10.6 Å². The van der Waals surface area contributed by atoms with Crippen molar-refractivity contribution in [3.8, 4) is 22.4 Å². The maximum Gasteiger partial charge on any atom is 0.323 e. The van der Waals surface area contributed by atoms with Gasteiger partial charge in [0.25, 0.3) is 0 Å². The number of carboxylic acids is 1. The number of thiophene rings is 1. The molecule has 2 heterocycles. The summed E-state index contributed by atoms with van der Waals surface area (Å²) in [6.07, 6.45) is 1.50. The van der Waals surface area contributed by atoms with Gasteiger partial charge >= 0.3 is 12.0 Å². The number of nitrogens with zero attached hydrogens (tertiary/aromatic N) is 2. The van der Waals surface area contributed by atoms with Crippen LogP contribution in [0.4, 0.5) is 20.6 Å². The molecule has 5 aromatic rings. The van der Waals surface area contributed by atoms with Gasteiger partial charge in [0.2, 0.25) is 0 Å². The number of halogens is 1. The van der Waals surface area contributed by atoms with Crippen LogP contribution < -0.4 is 10.6 Å². The minimum absolute atomic E-state index is 0.0195. The van der Waals surface area contributed by atoms with Gasteiger partial charge in [-0.1, -0.05) is 42.5 Å². The molecule has 178 valence electrons. The summed E-state index contributed by atoms with van der Waals surface area (Å²) in [5, 5.41) is 16.3. The smallest absolute Gasteiger partial charge is 0.323 e. The van der Waals surface area contributed by atoms with Crippen LogP contribution in [0.15, 0.2) is 84.5 Å². The lowest BCUT2D eigenvalue weighted by Gasteiger charge is -2.09. The summed E-state index contributed by atoms with van der Waals surface area (Å²) < 4.78 is 14.2. The van der Waals surface area contributed by atoms with Gasteiger partial charge in [0, 0.05) is 27.9 Å². The van der Waals surface area contributed by atoms with Gasteiger partial charge in [-0.3, -0.25) is 4.79 Å². The monoisotopic (exact) mass is 498 g/mol. The molecule has 5 rings (SSSR count). The quantitative estimate of drug-likeness (QED) is 0.250. The number of aliphatic carboxylic acids is 1. The molecule has 0 radical (unpaired) electrons. The predicted octanol–water partition coefficient (Wildman–Crippen LogP) is 6.44. The van der Waals surface area contributed by atoms with Crippen molar-refractivity contribution in [2.24, 2.45) is 0 Å². The standard InChI is InChI=1S/C27H19FN4O3S/c28-19-2-1-3-21(13-19)32-27(35)31-20-10-8-18(9-11-20)24-26-25(30-15-29-24)22(14-36-26)17-6-4-16(5-7-17)12-23(33)34/h1-11,13-15H,12H2,(H,33,34)(H2,31,32,35). The third-order valence-electron chi connectivity index (χ3n) is 5.47. The average Bonchev–Trinajstić information content (AvgIpc) is 3.29. The zero-order valence-corrected chi connectivity index (χ0v) is 19.6. The van der Waals surface area contributed by atoms with E-state index in [4.69, 9.17) is 5.11 Å². The zero-order valence-electron chi connectivity index (χ0n) is 18.7. The van der Waals surface area contributed by atoms with Crippen molar-refractivity contribution < 1.29 is 19.1 Å². The molecule has 7 nitrogen and oxygen atoms in total. The number of amides is 2. The minimum atomic E-state index is -0.866. The van der Waals surface area contributed by atoms with Crippen LogP contribution in [0.1, 0.15) is 5.56 Å². The Kier molecular flexibility index (Phi) is 6.38. The van der Waals surface area contributed by atoms with Gasteiger partial charge in [-0.15, -0.1) is 11.3 Å². The fraction of sp³-hybridized carbons (Fsp3) is 0.0370. The van der Waals surface area contributed by atoms with Crippen molar-refractivity contribution in [2.45, 2.75) is 6.42 Å². The number of benzene rings is 3. The molecule has 3 aromatic carbocycles. The number of carbonyl (C=O) groups is 2. The van der Waals surface area contributed by atoms with Crippen molar-refractivity contribution in [1.29, 1.82) is 0 Å². The highest BCUT2D eigenvalue weighted by Gasteiger charge is 2.14. The highest BCUT2D eigenvalue weighted by Crippen LogP contribution is 2.37. The van der Waals surface area contributed by atoms with Crippen LogP contribution >= 0.6 is 11.3 Å². The maximum absolute atomic E-state index is 13.3. The van der Waals surface area contributed by atoms with Gasteiger partial charge in [0.05, 0.1) is 22.3 Å². The Morgan fingerprint density at radius 3 is 2.33 bits per heavy atom. The minimum Gasteiger partial charge on any atom is -0.481 e. The van der Waals surface area contributed by atoms with Gasteiger partial charge in [-0.25, -0.2) is 19.2 Å². The summed E-state index contributed by atoms with van der Waals surface area (Å²) in [5.74, 6) is -1.30. The molecule has 9 heteroatoms. The van der Waals surface area contributed by atoms with E-state index in [0.29, 0.717) is 11.4 Å². The number of urea groups is 1. The van der Waals surface area contributed by atoms with E-state index in [2.05, 4.69) is 20.6 Å². The number of aromatic nitrogens is 2. The lowest BCUT2D eigenvalue weighted by Crippen LogP contribution is -2.19. The first-order chi connectivity index (χ1) is 17.5. The summed E-state index contributed by atoms with van der Waals surface area (Å²) in [6, 6.07) is 19.9. The van der Waals surface area contributed by atoms with Crippen molar-refractivity contribution in [3.05, 3.63) is 95.9 Å². The third-order valence-corrected chi connectivity index (χ3v) is 6.45. The van der Waals surface area contributed by atoms with Gasteiger partial charge in [-0.05, 0) is 41.5 Å². The molecular weight excluding hydrogens is 479 g/mol. The molecular formula is C27H19FN4O3S. The van der Waals surface area contributed by atoms with E-state index >= 15 is 0 Å². The molecule has 0 aliphatic rings. The average molecular weight is 499 g/mol. The molecule has 0 atom stereocenters. The molecule has 0 aliphatic carbocycles. The Morgan fingerprint density at radius 2 is 1.61 bits per heavy atom. The number of anilines is 2. The van der Waals surface area contributed by atoms with Crippen LogP contribution in [0.3, 0.4) is 0 Å². The number of carbonyl (C=O) groups excluding carboxylic acids is 1. The zero-order chi connectivity index (χ0) is 25.1. The number of hydrogen-bond donors (Lipinski definition) is 3. The Morgan fingerprint density at radius 1 is 0.889 bits per heavy atom. The molecule has 0 unspecified atom stereocenters. The molecule has 3 N–H and O–H groups in total. The molecule has 0 spiro atoms. The van der Waals surface area contributed by atoms with Gasteiger partial charge in [0.15, 0.2) is 0 Å². The van der Waals surface area contributed by atoms with Crippen LogP contribution in [0.5, 0.6) is 0 Å². The van der Waals surface area contributed by atoms with Gasteiger partial charge in [0.1, 0.15) is 12.1 Å². The molecule has 36 heavy (non-hydrogen) atoms. The van der Waals surface area contributed by atoms with E-state index in [1.165, 1.54) is 35.9 Å². The second kappa shape index (κ2) is 9.93. The predicted molar refractivity (Wildman–Crippen MR) is 139 cm³/mol. The molecule has 2 amide bonds. The van der Waals surface area contributed by atoms with Gasteiger partial charge in [-0.2, -0.15) is 0 Å². The van der Waals surface area contributed by atoms with Crippen LogP contribution in [0.2, 0.25) is 0 Å². The molecule has 0 aliphatic heterocycles. The van der Waals surface area contributed by atoms with Gasteiger partial charge < -0.3 is 15.7 Å². The molecule has 0 bridgehead atoms. The number of nitrogens with one attached hydrogen (secondary N) is 2. The fourth-order valence-corrected chi connectivity index (χ4v) is 4.85. The molecule has 0 fully saturated rings. The SMILES string of the molecule is O=C(O)Cc1ccc(-c2csc3c(-c4ccc(NC(=O)Nc5cccc(F)c5)cc4)ncnc23)cc1. The molecule has 2 aromatic heterocycles. The van der Waals surface area contributed by atoms with Crippen LogP contribution in [-0.4, -0.2) is 27.1 Å². The molecule has 0 saturated heterocycles. The normalized spacial score (nSPS) is 10.8. The number of rotatable bonds is 6. The van der Waals surface area contributed by atoms with E-state index in [-0.39, 0.29) is 6.42 Å². The second-order valence-electron chi connectivity index (χ2n) is 7.98. The summed E-state index contributed by atoms with van der Waals surface area (Å²) in [6.45, 7) is 0. The van der Waals surface area contributed by atoms with Crippen LogP contribution in [0, 0.1) is 5.82 Å². The van der Waals surface area contributed by atoms with E-state index in [0.717, 1.165) is 38.2 Å². The Bertz CT molecular complexity index is 1570. The summed E-state index contributed by atoms with van der Waals surface area (Å²) in [5.41, 5.74) is 6.02. The number of carboxylic acid groups (broad SMARTS) is 1. The van der Waals surface area contributed by atoms with E-state index < -0.39 is 17.8 Å². The highest BCUT2D eigenvalue weighted by atomic mass is 32.1. The topological polar surface area (TPSA) is 104 Å². The third kappa shape index (κ3) is 5.06. The van der Waals surface area contributed by atoms with E-state index in [1.54, 1.807) is 18.2 Å². The molecule has 0 saturated carbocycles. The van der Waals surface area contributed by atoms with Crippen molar-refractivity contribution in [1.82, 2.24) is 9.97 Å². The van der Waals surface area contributed by atoms with Crippen LogP contribution in [-0.2, 0) is 11.2 Å². The summed E-state index contributed by atoms with van der Waals surface area (Å²) >= 11 is 1.53. The number of fused-ring (bicyclic) bond motifs is 1. The van der Waals surface area contributed by atoms with E-state index in [9.17, 15) is 14.0 Å². The first-order valence-electron chi connectivity index (χ1n) is 10.9. The van der Waals surface area contributed by atoms with Crippen molar-refractivity contribution >= 4 is 44.9 Å². The number of hydrogen-bond acceptors (Lipinski definition) is 5. The maximum atomic E-state index is 13.3. The Balaban J connectivity index is 1.35. The fourth-order valence-electron chi connectivity index (χ4n) is 3.81. The first kappa shape index (κ1) is 23.1. The lowest BCUT2D eigenvalue weighted by atomic mass is 10.0. The largest absolute Gasteiger partial charge is 0.481 e. The van der Waals surface area contributed by atoms with E-state index in [1.807, 2.05) is 41.8 Å². The van der Waals surface area contributed by atoms with Crippen LogP contribution in [0.25, 0.3) is 32.6 Å². The summed E-state index contributed by atoms with van der Waals surface area (Å²) in [4.78, 5) is 32.2. The Labute approximate surface area is 209 Å².